The lowest BCUT2D eigenvalue weighted by Crippen LogP contribution is -2.53. The summed E-state index contributed by atoms with van der Waals surface area (Å²) in [5.74, 6) is 1.81. The molecule has 0 saturated carbocycles. The lowest BCUT2D eigenvalue weighted by molar-refractivity contribution is -0.0817. The van der Waals surface area contributed by atoms with Gasteiger partial charge in [0, 0.05) is 31.8 Å². The fourth-order valence-electron chi connectivity index (χ4n) is 3.41. The number of para-hydroxylation sites is 1. The minimum Gasteiger partial charge on any atom is -0.496 e. The molecule has 2 aliphatic rings. The predicted molar refractivity (Wildman–Crippen MR) is 98.1 cm³/mol. The lowest BCUT2D eigenvalue weighted by atomic mass is 10.1. The number of nitrogens with zero attached hydrogens (tertiary/aromatic N) is 2. The van der Waals surface area contributed by atoms with Crippen molar-refractivity contribution in [3.05, 3.63) is 29.8 Å². The molecule has 0 amide bonds. The summed E-state index contributed by atoms with van der Waals surface area (Å²) >= 11 is 0. The van der Waals surface area contributed by atoms with E-state index >= 15 is 0 Å². The number of rotatable bonds is 5. The summed E-state index contributed by atoms with van der Waals surface area (Å²) in [6.45, 7) is 6.76. The molecule has 6 heteroatoms. The van der Waals surface area contributed by atoms with E-state index in [4.69, 9.17) is 19.2 Å². The van der Waals surface area contributed by atoms with Crippen LogP contribution < -0.4 is 10.1 Å². The largest absolute Gasteiger partial charge is 0.496 e. The van der Waals surface area contributed by atoms with E-state index in [9.17, 15) is 0 Å². The normalized spacial score (nSPS) is 24.4. The first kappa shape index (κ1) is 18.0. The van der Waals surface area contributed by atoms with Crippen LogP contribution in [0.3, 0.4) is 0 Å². The van der Waals surface area contributed by atoms with Gasteiger partial charge in [0.1, 0.15) is 11.9 Å². The van der Waals surface area contributed by atoms with Gasteiger partial charge in [0.2, 0.25) is 0 Å². The smallest absolute Gasteiger partial charge is 0.194 e. The van der Waals surface area contributed by atoms with Gasteiger partial charge >= 0.3 is 0 Å². The first-order chi connectivity index (χ1) is 12.3. The van der Waals surface area contributed by atoms with E-state index in [0.29, 0.717) is 13.2 Å². The van der Waals surface area contributed by atoms with Crippen molar-refractivity contribution in [2.24, 2.45) is 4.99 Å². The number of morpholine rings is 1. The molecule has 0 spiro atoms. The van der Waals surface area contributed by atoms with Crippen molar-refractivity contribution < 1.29 is 14.2 Å². The van der Waals surface area contributed by atoms with Crippen LogP contribution in [0.5, 0.6) is 5.75 Å². The highest BCUT2D eigenvalue weighted by molar-refractivity contribution is 5.80. The molecule has 2 fully saturated rings. The van der Waals surface area contributed by atoms with Crippen molar-refractivity contribution in [2.45, 2.75) is 38.5 Å². The van der Waals surface area contributed by atoms with E-state index in [1.807, 2.05) is 18.2 Å². The monoisotopic (exact) mass is 347 g/mol. The van der Waals surface area contributed by atoms with Crippen molar-refractivity contribution >= 4 is 5.96 Å². The zero-order valence-electron chi connectivity index (χ0n) is 15.2. The van der Waals surface area contributed by atoms with Gasteiger partial charge in [0.05, 0.1) is 26.4 Å². The molecule has 3 rings (SSSR count). The second kappa shape index (κ2) is 9.06. The van der Waals surface area contributed by atoms with Crippen LogP contribution in [0.1, 0.15) is 25.3 Å². The average molecular weight is 347 g/mol. The first-order valence-electron chi connectivity index (χ1n) is 9.20. The predicted octanol–water partition coefficient (Wildman–Crippen LogP) is 2.04. The molecule has 0 aromatic heterocycles. The van der Waals surface area contributed by atoms with Crippen LogP contribution in [0.2, 0.25) is 0 Å². The molecule has 2 unspecified atom stereocenters. The Hall–Kier alpha value is -1.79. The van der Waals surface area contributed by atoms with Gasteiger partial charge in [0.25, 0.3) is 0 Å². The number of methoxy groups -OCH3 is 1. The Morgan fingerprint density at radius 3 is 2.88 bits per heavy atom. The van der Waals surface area contributed by atoms with Crippen molar-refractivity contribution in [3.8, 4) is 5.75 Å². The maximum Gasteiger partial charge on any atom is 0.194 e. The molecule has 0 aliphatic carbocycles. The van der Waals surface area contributed by atoms with Crippen LogP contribution in [0.4, 0.5) is 0 Å². The molecule has 1 N–H and O–H groups in total. The topological polar surface area (TPSA) is 55.3 Å². The number of aliphatic imine (C=N–C) groups is 1. The van der Waals surface area contributed by atoms with Crippen LogP contribution in [0, 0.1) is 0 Å². The molecule has 2 atom stereocenters. The molecule has 25 heavy (non-hydrogen) atoms. The van der Waals surface area contributed by atoms with Gasteiger partial charge in [-0.15, -0.1) is 0 Å². The summed E-state index contributed by atoms with van der Waals surface area (Å²) in [4.78, 5) is 7.12. The van der Waals surface area contributed by atoms with E-state index in [-0.39, 0.29) is 12.2 Å². The standard InChI is InChI=1S/C19H29N3O3/c1-3-20-19(21-13-15-7-4-5-8-16(15)23-2)22-10-12-25-18(14-22)17-9-6-11-24-17/h4-5,7-8,17-18H,3,6,9-14H2,1-2H3,(H,20,21). The summed E-state index contributed by atoms with van der Waals surface area (Å²) in [6.07, 6.45) is 2.58. The number of nitrogens with one attached hydrogen (secondary N) is 1. The molecule has 2 saturated heterocycles. The third kappa shape index (κ3) is 4.64. The highest BCUT2D eigenvalue weighted by atomic mass is 16.5. The Morgan fingerprint density at radius 2 is 2.12 bits per heavy atom. The Morgan fingerprint density at radius 1 is 1.28 bits per heavy atom. The third-order valence-corrected chi connectivity index (χ3v) is 4.70. The van der Waals surface area contributed by atoms with E-state index in [1.54, 1.807) is 7.11 Å². The average Bonchev–Trinajstić information content (AvgIpc) is 3.20. The molecule has 2 aliphatic heterocycles. The molecular formula is C19H29N3O3. The summed E-state index contributed by atoms with van der Waals surface area (Å²) in [5, 5.41) is 3.41. The van der Waals surface area contributed by atoms with Crippen molar-refractivity contribution in [1.82, 2.24) is 10.2 Å². The zero-order chi connectivity index (χ0) is 17.5. The van der Waals surface area contributed by atoms with Crippen molar-refractivity contribution in [1.29, 1.82) is 0 Å². The van der Waals surface area contributed by atoms with Crippen LogP contribution in [-0.4, -0.2) is 63.0 Å². The number of hydrogen-bond donors (Lipinski definition) is 1. The van der Waals surface area contributed by atoms with Crippen LogP contribution in [0.25, 0.3) is 0 Å². The van der Waals surface area contributed by atoms with E-state index in [2.05, 4.69) is 23.2 Å². The third-order valence-electron chi connectivity index (χ3n) is 4.70. The maximum atomic E-state index is 5.95. The van der Waals surface area contributed by atoms with Gasteiger partial charge in [-0.3, -0.25) is 0 Å². The van der Waals surface area contributed by atoms with Crippen molar-refractivity contribution in [2.75, 3.05) is 40.0 Å². The molecule has 1 aromatic rings. The van der Waals surface area contributed by atoms with Gasteiger partial charge in [-0.1, -0.05) is 18.2 Å². The number of benzene rings is 1. The summed E-state index contributed by atoms with van der Waals surface area (Å²) in [7, 11) is 1.70. The molecule has 6 nitrogen and oxygen atoms in total. The molecule has 2 heterocycles. The molecule has 1 aromatic carbocycles. The molecule has 0 bridgehead atoms. The Balaban J connectivity index is 1.68. The number of guanidine groups is 1. The van der Waals surface area contributed by atoms with Gasteiger partial charge in [-0.05, 0) is 25.8 Å². The second-order valence-corrected chi connectivity index (χ2v) is 6.39. The Kier molecular flexibility index (Phi) is 6.53. The summed E-state index contributed by atoms with van der Waals surface area (Å²) in [5.41, 5.74) is 1.09. The van der Waals surface area contributed by atoms with Crippen LogP contribution in [0.15, 0.2) is 29.3 Å². The fourth-order valence-corrected chi connectivity index (χ4v) is 3.41. The Bertz CT molecular complexity index is 573. The molecule has 0 radical (unpaired) electrons. The van der Waals surface area contributed by atoms with Gasteiger partial charge in [0.15, 0.2) is 5.96 Å². The number of ether oxygens (including phenoxy) is 3. The van der Waals surface area contributed by atoms with Gasteiger partial charge in [-0.2, -0.15) is 0 Å². The zero-order valence-corrected chi connectivity index (χ0v) is 15.2. The SMILES string of the molecule is CCNC(=NCc1ccccc1OC)N1CCOC(C2CCCO2)C1. The van der Waals surface area contributed by atoms with E-state index in [1.165, 1.54) is 0 Å². The summed E-state index contributed by atoms with van der Waals surface area (Å²) in [6, 6.07) is 8.02. The maximum absolute atomic E-state index is 5.95. The highest BCUT2D eigenvalue weighted by Gasteiger charge is 2.32. The molecular weight excluding hydrogens is 318 g/mol. The molecule has 138 valence electrons. The number of hydrogen-bond acceptors (Lipinski definition) is 4. The Labute approximate surface area is 150 Å². The quantitative estimate of drug-likeness (QED) is 0.653. The highest BCUT2D eigenvalue weighted by Crippen LogP contribution is 2.22. The first-order valence-corrected chi connectivity index (χ1v) is 9.20. The minimum atomic E-state index is 0.131. The van der Waals surface area contributed by atoms with Crippen molar-refractivity contribution in [3.63, 3.8) is 0 Å². The summed E-state index contributed by atoms with van der Waals surface area (Å²) < 4.78 is 17.2. The van der Waals surface area contributed by atoms with E-state index < -0.39 is 0 Å². The van der Waals surface area contributed by atoms with Crippen LogP contribution >= 0.6 is 0 Å². The lowest BCUT2D eigenvalue weighted by Gasteiger charge is -2.37. The fraction of sp³-hybridized carbons (Fsp3) is 0.632. The minimum absolute atomic E-state index is 0.131. The van der Waals surface area contributed by atoms with Gasteiger partial charge in [-0.25, -0.2) is 4.99 Å². The second-order valence-electron chi connectivity index (χ2n) is 6.39. The van der Waals surface area contributed by atoms with E-state index in [0.717, 1.165) is 56.4 Å². The van der Waals surface area contributed by atoms with Gasteiger partial charge < -0.3 is 24.4 Å². The van der Waals surface area contributed by atoms with Crippen LogP contribution in [-0.2, 0) is 16.0 Å².